The van der Waals surface area contributed by atoms with Crippen LogP contribution in [0.4, 0.5) is 0 Å². The maximum Gasteiger partial charge on any atom is 0.239 e. The quantitative estimate of drug-likeness (QED) is 0.643. The van der Waals surface area contributed by atoms with Crippen molar-refractivity contribution >= 4 is 17.1 Å². The number of aliphatic hydroxyl groups is 1. The van der Waals surface area contributed by atoms with Gasteiger partial charge in [0.25, 0.3) is 0 Å². The van der Waals surface area contributed by atoms with Crippen LogP contribution in [0, 0.1) is 0 Å². The second-order valence-corrected chi connectivity index (χ2v) is 4.67. The summed E-state index contributed by atoms with van der Waals surface area (Å²) in [7, 11) is 0. The van der Waals surface area contributed by atoms with Gasteiger partial charge in [0, 0.05) is 5.56 Å². The summed E-state index contributed by atoms with van der Waals surface area (Å²) in [6.07, 6.45) is 2.48. The Kier molecular flexibility index (Phi) is 4.01. The Morgan fingerprint density at radius 3 is 2.76 bits per heavy atom. The van der Waals surface area contributed by atoms with Crippen molar-refractivity contribution in [3.05, 3.63) is 52.5 Å². The van der Waals surface area contributed by atoms with Crippen molar-refractivity contribution in [3.63, 3.8) is 0 Å². The van der Waals surface area contributed by atoms with Crippen molar-refractivity contribution in [3.8, 4) is 0 Å². The molecule has 88 valence electrons. The molecular formula is C13H14NO2S+. The highest BCUT2D eigenvalue weighted by Crippen LogP contribution is 2.05. The van der Waals surface area contributed by atoms with Crippen molar-refractivity contribution in [1.82, 2.24) is 0 Å². The molecule has 0 spiro atoms. The van der Waals surface area contributed by atoms with Crippen LogP contribution in [0.25, 0.3) is 0 Å². The van der Waals surface area contributed by atoms with Crippen molar-refractivity contribution in [2.75, 3.05) is 6.61 Å². The third-order valence-electron chi connectivity index (χ3n) is 2.50. The lowest BCUT2D eigenvalue weighted by Gasteiger charge is -1.98. The van der Waals surface area contributed by atoms with E-state index in [9.17, 15) is 4.79 Å². The Morgan fingerprint density at radius 1 is 1.29 bits per heavy atom. The third-order valence-corrected chi connectivity index (χ3v) is 3.47. The van der Waals surface area contributed by atoms with E-state index in [1.807, 2.05) is 46.5 Å². The van der Waals surface area contributed by atoms with Gasteiger partial charge >= 0.3 is 0 Å². The number of hydrogen-bond donors (Lipinski definition) is 1. The maximum atomic E-state index is 12.0. The van der Waals surface area contributed by atoms with Gasteiger partial charge in [0.1, 0.15) is 0 Å². The normalized spacial score (nSPS) is 10.4. The second-order valence-electron chi connectivity index (χ2n) is 3.69. The van der Waals surface area contributed by atoms with E-state index in [1.54, 1.807) is 11.3 Å². The second kappa shape index (κ2) is 5.70. The molecule has 0 atom stereocenters. The monoisotopic (exact) mass is 248 g/mol. The number of Topliss-reactive ketones (excluding diaryl/α,β-unsaturated/α-hetero) is 1. The average molecular weight is 248 g/mol. The van der Waals surface area contributed by atoms with E-state index in [4.69, 9.17) is 5.11 Å². The van der Waals surface area contributed by atoms with Crippen LogP contribution >= 0.6 is 11.3 Å². The molecule has 0 radical (unpaired) electrons. The van der Waals surface area contributed by atoms with Crippen molar-refractivity contribution < 1.29 is 14.5 Å². The maximum absolute atomic E-state index is 12.0. The summed E-state index contributed by atoms with van der Waals surface area (Å²) in [6, 6.07) is 9.26. The average Bonchev–Trinajstić information content (AvgIpc) is 2.78. The van der Waals surface area contributed by atoms with E-state index in [0.717, 1.165) is 10.6 Å². The van der Waals surface area contributed by atoms with Crippen LogP contribution in [-0.4, -0.2) is 17.5 Å². The zero-order valence-corrected chi connectivity index (χ0v) is 10.2. The lowest BCUT2D eigenvalue weighted by Crippen LogP contribution is -2.39. The van der Waals surface area contributed by atoms with E-state index in [2.05, 4.69) is 0 Å². The summed E-state index contributed by atoms with van der Waals surface area (Å²) < 4.78 is 1.90. The molecule has 1 aromatic carbocycles. The smallest absolute Gasteiger partial charge is 0.239 e. The number of hydrogen-bond acceptors (Lipinski definition) is 3. The molecule has 3 nitrogen and oxygen atoms in total. The van der Waals surface area contributed by atoms with Gasteiger partial charge in [0.2, 0.25) is 17.3 Å². The molecule has 0 bridgehead atoms. The van der Waals surface area contributed by atoms with Gasteiger partial charge < -0.3 is 5.11 Å². The number of benzene rings is 1. The Bertz CT molecular complexity index is 493. The minimum absolute atomic E-state index is 0.0909. The summed E-state index contributed by atoms with van der Waals surface area (Å²) in [4.78, 5) is 12.0. The van der Waals surface area contributed by atoms with Crippen LogP contribution in [0.2, 0.25) is 0 Å². The van der Waals surface area contributed by atoms with E-state index in [-0.39, 0.29) is 12.4 Å². The first-order valence-corrected chi connectivity index (χ1v) is 6.34. The van der Waals surface area contributed by atoms with Gasteiger partial charge in [-0.1, -0.05) is 41.7 Å². The molecule has 0 saturated heterocycles. The fourth-order valence-corrected chi connectivity index (χ4v) is 2.48. The van der Waals surface area contributed by atoms with Crippen LogP contribution < -0.4 is 4.57 Å². The van der Waals surface area contributed by atoms with Gasteiger partial charge in [-0.25, -0.2) is 0 Å². The summed E-state index contributed by atoms with van der Waals surface area (Å²) in [5.41, 5.74) is 0.723. The highest BCUT2D eigenvalue weighted by Gasteiger charge is 2.17. The molecule has 0 fully saturated rings. The number of aliphatic hydroxyl groups excluding tert-OH is 1. The zero-order chi connectivity index (χ0) is 12.1. The lowest BCUT2D eigenvalue weighted by molar-refractivity contribution is -0.685. The van der Waals surface area contributed by atoms with E-state index in [0.29, 0.717) is 13.0 Å². The third kappa shape index (κ3) is 2.99. The number of nitrogens with zero attached hydrogens (tertiary/aromatic N) is 1. The Morgan fingerprint density at radius 2 is 2.06 bits per heavy atom. The van der Waals surface area contributed by atoms with E-state index < -0.39 is 0 Å². The first-order valence-electron chi connectivity index (χ1n) is 5.46. The van der Waals surface area contributed by atoms with Gasteiger partial charge in [0.05, 0.1) is 18.4 Å². The number of aromatic nitrogens is 1. The number of carbonyl (C=O) groups excluding carboxylic acids is 1. The first kappa shape index (κ1) is 12.0. The summed E-state index contributed by atoms with van der Waals surface area (Å²) in [6.45, 7) is 0.447. The molecule has 1 N–H and O–H groups in total. The molecule has 0 unspecified atom stereocenters. The molecule has 0 amide bonds. The minimum Gasteiger partial charge on any atom is -0.396 e. The van der Waals surface area contributed by atoms with Gasteiger partial charge in [-0.2, -0.15) is 4.57 Å². The molecule has 2 rings (SSSR count). The Balaban J connectivity index is 2.11. The molecule has 0 aliphatic carbocycles. The summed E-state index contributed by atoms with van der Waals surface area (Å²) in [5, 5.41) is 11.9. The van der Waals surface area contributed by atoms with E-state index >= 15 is 0 Å². The molecule has 0 aliphatic heterocycles. The van der Waals surface area contributed by atoms with Gasteiger partial charge in [-0.3, -0.25) is 4.79 Å². The van der Waals surface area contributed by atoms with E-state index in [1.165, 1.54) is 0 Å². The first-order chi connectivity index (χ1) is 8.31. The standard InChI is InChI=1S/C13H14NO2S/c15-8-6-13-14(7-9-17-13)10-12(16)11-4-2-1-3-5-11/h1-5,7,9,15H,6,8,10H2/q+1. The Labute approximate surface area is 104 Å². The molecule has 1 heterocycles. The fraction of sp³-hybridized carbons (Fsp3) is 0.231. The molecule has 0 aliphatic rings. The highest BCUT2D eigenvalue weighted by atomic mass is 32.1. The summed E-state index contributed by atoms with van der Waals surface area (Å²) in [5.74, 6) is 0.0909. The van der Waals surface area contributed by atoms with Crippen LogP contribution in [0.5, 0.6) is 0 Å². The molecule has 0 saturated carbocycles. The van der Waals surface area contributed by atoms with Crippen LogP contribution in [0.3, 0.4) is 0 Å². The van der Waals surface area contributed by atoms with Gasteiger partial charge in [0.15, 0.2) is 6.20 Å². The molecule has 4 heteroatoms. The van der Waals surface area contributed by atoms with Crippen molar-refractivity contribution in [2.24, 2.45) is 0 Å². The predicted molar refractivity (Wildman–Crippen MR) is 66.1 cm³/mol. The highest BCUT2D eigenvalue weighted by molar-refractivity contribution is 7.09. The van der Waals surface area contributed by atoms with Crippen molar-refractivity contribution in [2.45, 2.75) is 13.0 Å². The van der Waals surface area contributed by atoms with Crippen LogP contribution in [0.15, 0.2) is 41.9 Å². The summed E-state index contributed by atoms with van der Waals surface area (Å²) >= 11 is 1.56. The number of ketones is 1. The fourth-order valence-electron chi connectivity index (χ4n) is 1.64. The SMILES string of the molecule is O=C(C[n+]1ccsc1CCO)c1ccccc1. The van der Waals surface area contributed by atoms with Crippen LogP contribution in [0.1, 0.15) is 15.4 Å². The number of rotatable bonds is 5. The number of carbonyl (C=O) groups is 1. The lowest BCUT2D eigenvalue weighted by atomic mass is 10.1. The topological polar surface area (TPSA) is 41.2 Å². The predicted octanol–water partition coefficient (Wildman–Crippen LogP) is 1.45. The van der Waals surface area contributed by atoms with Gasteiger partial charge in [-0.15, -0.1) is 0 Å². The largest absolute Gasteiger partial charge is 0.396 e. The minimum atomic E-state index is 0.0909. The molecule has 17 heavy (non-hydrogen) atoms. The van der Waals surface area contributed by atoms with Crippen LogP contribution in [-0.2, 0) is 13.0 Å². The molecule has 2 aromatic rings. The van der Waals surface area contributed by atoms with Gasteiger partial charge in [-0.05, 0) is 0 Å². The molecular weight excluding hydrogens is 234 g/mol. The number of thiazole rings is 1. The van der Waals surface area contributed by atoms with Crippen molar-refractivity contribution in [1.29, 1.82) is 0 Å². The zero-order valence-electron chi connectivity index (χ0n) is 9.37. The molecule has 1 aromatic heterocycles. The Hall–Kier alpha value is -1.52.